The van der Waals surface area contributed by atoms with Crippen LogP contribution in [-0.4, -0.2) is 46.6 Å². The van der Waals surface area contributed by atoms with Crippen LogP contribution in [0.25, 0.3) is 11.4 Å². The summed E-state index contributed by atoms with van der Waals surface area (Å²) >= 11 is 0. The van der Waals surface area contributed by atoms with Gasteiger partial charge < -0.3 is 14.7 Å². The van der Waals surface area contributed by atoms with Gasteiger partial charge in [0.1, 0.15) is 0 Å². The van der Waals surface area contributed by atoms with E-state index in [-0.39, 0.29) is 11.9 Å². The Labute approximate surface area is 154 Å². The number of nitrogens with one attached hydrogen (secondary N) is 1. The molecule has 0 radical (unpaired) electrons. The predicted molar refractivity (Wildman–Crippen MR) is 98.7 cm³/mol. The molecule has 1 aromatic heterocycles. The van der Waals surface area contributed by atoms with E-state index >= 15 is 0 Å². The first kappa shape index (κ1) is 17.2. The van der Waals surface area contributed by atoms with Gasteiger partial charge in [-0.3, -0.25) is 4.79 Å². The smallest absolute Gasteiger partial charge is 0.251 e. The molecule has 1 saturated carbocycles. The van der Waals surface area contributed by atoms with Crippen molar-refractivity contribution in [2.24, 2.45) is 11.8 Å². The first-order valence-electron chi connectivity index (χ1n) is 9.52. The standard InChI is InChI=1S/C20H26N4O2/c1-13(10-24-11-17-4-3-5-18(17)12-24)21-20(25)16-8-6-15(7-9-16)19-22-14(2)26-23-19/h6-9,13,17-18H,3-5,10-12H2,1-2H3,(H,21,25)/t13-,17?,18?/m1/s1. The first-order chi connectivity index (χ1) is 12.6. The van der Waals surface area contributed by atoms with Crippen LogP contribution in [0.1, 0.15) is 42.4 Å². The highest BCUT2D eigenvalue weighted by Gasteiger charge is 2.36. The Morgan fingerprint density at radius 2 is 1.96 bits per heavy atom. The van der Waals surface area contributed by atoms with Crippen molar-refractivity contribution in [1.82, 2.24) is 20.4 Å². The minimum atomic E-state index is -0.0345. The molecule has 2 heterocycles. The van der Waals surface area contributed by atoms with Crippen molar-refractivity contribution in [1.29, 1.82) is 0 Å². The molecule has 2 fully saturated rings. The number of aromatic nitrogens is 2. The normalized spacial score (nSPS) is 23.8. The lowest BCUT2D eigenvalue weighted by Crippen LogP contribution is -2.41. The lowest BCUT2D eigenvalue weighted by atomic mass is 10.0. The third-order valence-corrected chi connectivity index (χ3v) is 5.64. The van der Waals surface area contributed by atoms with Crippen LogP contribution in [0.15, 0.2) is 28.8 Å². The van der Waals surface area contributed by atoms with Crippen molar-refractivity contribution < 1.29 is 9.32 Å². The summed E-state index contributed by atoms with van der Waals surface area (Å²) in [5, 5.41) is 7.02. The van der Waals surface area contributed by atoms with Crippen LogP contribution in [0.3, 0.4) is 0 Å². The van der Waals surface area contributed by atoms with Gasteiger partial charge >= 0.3 is 0 Å². The van der Waals surface area contributed by atoms with E-state index in [1.165, 1.54) is 32.4 Å². The van der Waals surface area contributed by atoms with E-state index in [9.17, 15) is 4.79 Å². The second-order valence-electron chi connectivity index (χ2n) is 7.76. The van der Waals surface area contributed by atoms with Gasteiger partial charge in [-0.15, -0.1) is 0 Å². The summed E-state index contributed by atoms with van der Waals surface area (Å²) < 4.78 is 4.99. The molecule has 1 N–H and O–H groups in total. The van der Waals surface area contributed by atoms with Gasteiger partial charge in [-0.05, 0) is 43.7 Å². The van der Waals surface area contributed by atoms with Crippen molar-refractivity contribution in [3.8, 4) is 11.4 Å². The number of likely N-dealkylation sites (tertiary alicyclic amines) is 1. The van der Waals surface area contributed by atoms with Crippen LogP contribution >= 0.6 is 0 Å². The van der Waals surface area contributed by atoms with Crippen LogP contribution in [0.5, 0.6) is 0 Å². The van der Waals surface area contributed by atoms with E-state index in [1.54, 1.807) is 6.92 Å². The molecule has 0 bridgehead atoms. The first-order valence-corrected chi connectivity index (χ1v) is 9.52. The van der Waals surface area contributed by atoms with E-state index in [0.717, 1.165) is 23.9 Å². The van der Waals surface area contributed by atoms with Crippen LogP contribution in [0.2, 0.25) is 0 Å². The summed E-state index contributed by atoms with van der Waals surface area (Å²) in [4.78, 5) is 19.2. The number of hydrogen-bond acceptors (Lipinski definition) is 5. The summed E-state index contributed by atoms with van der Waals surface area (Å²) in [5.41, 5.74) is 1.49. The highest BCUT2D eigenvalue weighted by atomic mass is 16.5. The fourth-order valence-corrected chi connectivity index (χ4v) is 4.41. The van der Waals surface area contributed by atoms with Crippen molar-refractivity contribution in [2.45, 2.75) is 39.2 Å². The van der Waals surface area contributed by atoms with E-state index < -0.39 is 0 Å². The van der Waals surface area contributed by atoms with Crippen LogP contribution in [0, 0.1) is 18.8 Å². The zero-order valence-corrected chi connectivity index (χ0v) is 15.4. The fourth-order valence-electron chi connectivity index (χ4n) is 4.41. The van der Waals surface area contributed by atoms with Gasteiger partial charge in [0.05, 0.1) is 0 Å². The molecule has 4 rings (SSSR count). The van der Waals surface area contributed by atoms with E-state index in [4.69, 9.17) is 4.52 Å². The number of benzene rings is 1. The summed E-state index contributed by atoms with van der Waals surface area (Å²) in [7, 11) is 0. The molecule has 2 aliphatic rings. The molecule has 1 amide bonds. The Bertz CT molecular complexity index is 758. The van der Waals surface area contributed by atoms with Gasteiger partial charge in [0.15, 0.2) is 0 Å². The van der Waals surface area contributed by atoms with Gasteiger partial charge in [0, 0.05) is 43.7 Å². The molecule has 1 saturated heterocycles. The third kappa shape index (κ3) is 3.65. The summed E-state index contributed by atoms with van der Waals surface area (Å²) in [6.07, 6.45) is 4.16. The van der Waals surface area contributed by atoms with Gasteiger partial charge in [-0.25, -0.2) is 0 Å². The Hall–Kier alpha value is -2.21. The number of aryl methyl sites for hydroxylation is 1. The quantitative estimate of drug-likeness (QED) is 0.894. The Morgan fingerprint density at radius 3 is 2.58 bits per heavy atom. The van der Waals surface area contributed by atoms with Crippen molar-refractivity contribution in [3.05, 3.63) is 35.7 Å². The highest BCUT2D eigenvalue weighted by Crippen LogP contribution is 2.37. The number of rotatable bonds is 5. The molecule has 1 aliphatic carbocycles. The minimum Gasteiger partial charge on any atom is -0.348 e. The molecule has 0 spiro atoms. The van der Waals surface area contributed by atoms with Crippen LogP contribution in [-0.2, 0) is 0 Å². The Balaban J connectivity index is 1.31. The molecule has 1 aliphatic heterocycles. The maximum Gasteiger partial charge on any atom is 0.251 e. The summed E-state index contributed by atoms with van der Waals surface area (Å²) in [6, 6.07) is 7.46. The molecule has 2 aromatic rings. The number of hydrogen-bond donors (Lipinski definition) is 1. The van der Waals surface area contributed by atoms with Crippen molar-refractivity contribution >= 4 is 5.91 Å². The average molecular weight is 354 g/mol. The minimum absolute atomic E-state index is 0.0345. The lowest BCUT2D eigenvalue weighted by Gasteiger charge is -2.22. The number of carbonyl (C=O) groups excluding carboxylic acids is 1. The molecule has 138 valence electrons. The summed E-state index contributed by atoms with van der Waals surface area (Å²) in [6.45, 7) is 7.17. The van der Waals surface area contributed by atoms with Gasteiger partial charge in [0.25, 0.3) is 5.91 Å². The van der Waals surface area contributed by atoms with Gasteiger partial charge in [0.2, 0.25) is 11.7 Å². The largest absolute Gasteiger partial charge is 0.348 e. The number of nitrogens with zero attached hydrogens (tertiary/aromatic N) is 3. The third-order valence-electron chi connectivity index (χ3n) is 5.64. The maximum atomic E-state index is 12.5. The molecular formula is C20H26N4O2. The van der Waals surface area contributed by atoms with Gasteiger partial charge in [-0.1, -0.05) is 23.7 Å². The van der Waals surface area contributed by atoms with Crippen molar-refractivity contribution in [3.63, 3.8) is 0 Å². The molecule has 2 unspecified atom stereocenters. The molecular weight excluding hydrogens is 328 g/mol. The Kier molecular flexibility index (Phi) is 4.76. The SMILES string of the molecule is Cc1nc(-c2ccc(C(=O)N[C@H](C)CN3CC4CCCC4C3)cc2)no1. The van der Waals surface area contributed by atoms with Crippen LogP contribution < -0.4 is 5.32 Å². The predicted octanol–water partition coefficient (Wildman–Crippen LogP) is 2.90. The highest BCUT2D eigenvalue weighted by molar-refractivity contribution is 5.94. The number of amides is 1. The van der Waals surface area contributed by atoms with E-state index in [0.29, 0.717) is 17.3 Å². The zero-order chi connectivity index (χ0) is 18.1. The number of fused-ring (bicyclic) bond motifs is 1. The molecule has 6 nitrogen and oxygen atoms in total. The van der Waals surface area contributed by atoms with E-state index in [1.807, 2.05) is 24.3 Å². The maximum absolute atomic E-state index is 12.5. The second-order valence-corrected chi connectivity index (χ2v) is 7.76. The Morgan fingerprint density at radius 1 is 1.27 bits per heavy atom. The molecule has 6 heteroatoms. The average Bonchev–Trinajstić information content (AvgIpc) is 3.31. The number of carbonyl (C=O) groups is 1. The fraction of sp³-hybridized carbons (Fsp3) is 0.550. The van der Waals surface area contributed by atoms with Crippen molar-refractivity contribution in [2.75, 3.05) is 19.6 Å². The molecule has 3 atom stereocenters. The van der Waals surface area contributed by atoms with E-state index in [2.05, 4.69) is 27.3 Å². The molecule has 26 heavy (non-hydrogen) atoms. The zero-order valence-electron chi connectivity index (χ0n) is 15.4. The molecule has 1 aromatic carbocycles. The lowest BCUT2D eigenvalue weighted by molar-refractivity contribution is 0.0931. The monoisotopic (exact) mass is 354 g/mol. The van der Waals surface area contributed by atoms with Gasteiger partial charge in [-0.2, -0.15) is 4.98 Å². The summed E-state index contributed by atoms with van der Waals surface area (Å²) in [5.74, 6) is 2.82. The van der Waals surface area contributed by atoms with Crippen LogP contribution in [0.4, 0.5) is 0 Å². The topological polar surface area (TPSA) is 71.3 Å². The second kappa shape index (κ2) is 7.19.